The molecular weight excluding hydrogens is 732 g/mol. The van der Waals surface area contributed by atoms with Crippen molar-refractivity contribution in [3.8, 4) is 0 Å². The zero-order valence-corrected chi connectivity index (χ0v) is 36.3. The maximum Gasteiger partial charge on any atom is 0.209 e. The molecule has 2 aromatic carbocycles. The lowest BCUT2D eigenvalue weighted by Crippen LogP contribution is -2.28. The summed E-state index contributed by atoms with van der Waals surface area (Å²) in [6, 6.07) is 12.2. The maximum absolute atomic E-state index is 12.5. The first-order valence-electron chi connectivity index (χ1n) is 20.0. The van der Waals surface area contributed by atoms with Gasteiger partial charge in [-0.1, -0.05) is 96.4 Å². The van der Waals surface area contributed by atoms with Crippen molar-refractivity contribution >= 4 is 50.6 Å². The van der Waals surface area contributed by atoms with E-state index in [1.165, 1.54) is 99.4 Å². The third-order valence-corrected chi connectivity index (χ3v) is 13.7. The molecule has 294 valence electrons. The largest absolute Gasteiger partial charge is 0.344 e. The molecule has 2 heterocycles. The summed E-state index contributed by atoms with van der Waals surface area (Å²) in [5.74, 6) is 0. The molecule has 3 aliphatic rings. The number of benzene rings is 2. The van der Waals surface area contributed by atoms with Gasteiger partial charge >= 0.3 is 0 Å². The molecule has 9 heteroatoms. The Morgan fingerprint density at radius 1 is 0.852 bits per heavy atom. The summed E-state index contributed by atoms with van der Waals surface area (Å²) in [7, 11) is -1.80. The van der Waals surface area contributed by atoms with E-state index in [1.807, 2.05) is 12.1 Å². The quantitative estimate of drug-likeness (QED) is 0.0464. The number of anilines is 1. The van der Waals surface area contributed by atoms with Crippen LogP contribution in [0.1, 0.15) is 130 Å². The van der Waals surface area contributed by atoms with Crippen molar-refractivity contribution in [1.82, 2.24) is 0 Å². The molecule has 5 rings (SSSR count). The van der Waals surface area contributed by atoms with Gasteiger partial charge in [0, 0.05) is 63.7 Å². The summed E-state index contributed by atoms with van der Waals surface area (Å²) in [5.41, 5.74) is 8.92. The number of unbranched alkanes of at least 4 members (excludes halogenated alkanes) is 8. The van der Waals surface area contributed by atoms with Gasteiger partial charge in [0.15, 0.2) is 15.5 Å². The van der Waals surface area contributed by atoms with Crippen molar-refractivity contribution in [1.29, 1.82) is 0 Å². The number of allylic oxidation sites excluding steroid dienone is 8. The zero-order valence-electron chi connectivity index (χ0n) is 33.9. The Morgan fingerprint density at radius 3 is 2.24 bits per heavy atom. The smallest absolute Gasteiger partial charge is 0.209 e. The van der Waals surface area contributed by atoms with E-state index >= 15 is 0 Å². The second-order valence-electron chi connectivity index (χ2n) is 16.1. The maximum atomic E-state index is 12.5. The van der Waals surface area contributed by atoms with Crippen LogP contribution in [0.25, 0.3) is 0 Å². The molecule has 0 unspecified atom stereocenters. The predicted molar refractivity (Wildman–Crippen MR) is 228 cm³/mol. The van der Waals surface area contributed by atoms with Gasteiger partial charge in [-0.25, -0.2) is 13.3 Å². The van der Waals surface area contributed by atoms with Crippen molar-refractivity contribution in [3.05, 3.63) is 93.7 Å². The highest BCUT2D eigenvalue weighted by Gasteiger charge is 2.45. The predicted octanol–water partition coefficient (Wildman–Crippen LogP) is 12.4. The lowest BCUT2D eigenvalue weighted by molar-refractivity contribution is -0.438. The van der Waals surface area contributed by atoms with Gasteiger partial charge in [-0.15, -0.1) is 0 Å². The summed E-state index contributed by atoms with van der Waals surface area (Å²) >= 11 is 8.45. The molecule has 2 aromatic rings. The topological polar surface area (TPSA) is 58.9 Å². The Bertz CT molecular complexity index is 1940. The highest BCUT2D eigenvalue weighted by atomic mass is 35.5. The normalized spacial score (nSPS) is 19.3. The monoisotopic (exact) mass is 793 g/mol. The molecular formula is C45H62ClN2O4S2+. The molecule has 0 saturated heterocycles. The first kappa shape index (κ1) is 42.5. The highest BCUT2D eigenvalue weighted by Crippen LogP contribution is 2.49. The van der Waals surface area contributed by atoms with Crippen molar-refractivity contribution in [2.24, 2.45) is 0 Å². The Kier molecular flexibility index (Phi) is 14.6. The summed E-state index contributed by atoms with van der Waals surface area (Å²) in [6.07, 6.45) is 24.2. The minimum absolute atomic E-state index is 0.201. The third kappa shape index (κ3) is 9.49. The van der Waals surface area contributed by atoms with Crippen molar-refractivity contribution in [2.75, 3.05) is 31.4 Å². The summed E-state index contributed by atoms with van der Waals surface area (Å²) < 4.78 is 32.8. The average Bonchev–Trinajstić information content (AvgIpc) is 3.67. The van der Waals surface area contributed by atoms with Crippen LogP contribution in [-0.2, 0) is 29.9 Å². The van der Waals surface area contributed by atoms with Gasteiger partial charge in [0.25, 0.3) is 0 Å². The van der Waals surface area contributed by atoms with Crippen molar-refractivity contribution in [3.63, 3.8) is 0 Å². The number of nitrogens with zero attached hydrogens (tertiary/aromatic N) is 2. The van der Waals surface area contributed by atoms with Crippen LogP contribution < -0.4 is 4.90 Å². The van der Waals surface area contributed by atoms with E-state index in [0.717, 1.165) is 71.1 Å². The van der Waals surface area contributed by atoms with Crippen LogP contribution in [-0.4, -0.2) is 45.2 Å². The van der Waals surface area contributed by atoms with Gasteiger partial charge in [-0.2, -0.15) is 8.91 Å². The second-order valence-corrected chi connectivity index (χ2v) is 19.3. The van der Waals surface area contributed by atoms with Crippen LogP contribution in [0.4, 0.5) is 11.4 Å². The minimum Gasteiger partial charge on any atom is -0.344 e. The lowest BCUT2D eigenvalue weighted by atomic mass is 9.81. The van der Waals surface area contributed by atoms with E-state index in [9.17, 15) is 8.42 Å². The molecule has 54 heavy (non-hydrogen) atoms. The van der Waals surface area contributed by atoms with Crippen molar-refractivity contribution < 1.29 is 22.2 Å². The van der Waals surface area contributed by atoms with Gasteiger partial charge in [0.05, 0.1) is 29.5 Å². The molecule has 0 bridgehead atoms. The molecule has 0 aromatic heterocycles. The summed E-state index contributed by atoms with van der Waals surface area (Å²) in [6.45, 7) is 15.4. The van der Waals surface area contributed by atoms with E-state index in [-0.39, 0.29) is 10.8 Å². The fourth-order valence-corrected chi connectivity index (χ4v) is 9.66. The standard InChI is InChI=1S/C45H62ClN2O4S2/c1-9-11-13-15-17-29-47-39-25-23-35(53-52-51-7)31-37(39)44(3,4)41(47)27-21-33-19-20-34(43(33)46)22-28-42-45(5,6)38-32-36(54(8,49)50)24-26-40(38)48(42)30-18-16-14-12-10-2/h21-28,31-32H,9-20,29-30H2,1-8H3/q+1. The van der Waals surface area contributed by atoms with E-state index in [2.05, 4.69) is 93.5 Å². The number of fused-ring (bicyclic) bond motifs is 2. The van der Waals surface area contributed by atoms with Crippen molar-refractivity contribution in [2.45, 2.75) is 139 Å². The van der Waals surface area contributed by atoms with Crippen LogP contribution in [0.2, 0.25) is 0 Å². The van der Waals surface area contributed by atoms with E-state index in [4.69, 9.17) is 20.8 Å². The lowest BCUT2D eigenvalue weighted by Gasteiger charge is -2.27. The number of rotatable bonds is 19. The summed E-state index contributed by atoms with van der Waals surface area (Å²) in [5, 5.41) is 0.831. The Balaban J connectivity index is 1.45. The van der Waals surface area contributed by atoms with Gasteiger partial charge in [-0.05, 0) is 92.6 Å². The molecule has 0 radical (unpaired) electrons. The molecule has 0 atom stereocenters. The van der Waals surface area contributed by atoms with E-state index < -0.39 is 9.84 Å². The molecule has 0 saturated carbocycles. The van der Waals surface area contributed by atoms with E-state index in [1.54, 1.807) is 6.07 Å². The molecule has 2 aliphatic heterocycles. The van der Waals surface area contributed by atoms with Gasteiger partial charge in [-0.3, -0.25) is 0 Å². The fraction of sp³-hybridized carbons (Fsp3) is 0.533. The van der Waals surface area contributed by atoms with Gasteiger partial charge in [0.2, 0.25) is 5.69 Å². The molecule has 0 fully saturated rings. The fourth-order valence-electron chi connectivity index (χ4n) is 8.26. The number of sulfone groups is 1. The Morgan fingerprint density at radius 2 is 1.56 bits per heavy atom. The van der Waals surface area contributed by atoms with Gasteiger partial charge in [0.1, 0.15) is 6.54 Å². The molecule has 0 amide bonds. The number of hydrogen-bond donors (Lipinski definition) is 0. The summed E-state index contributed by atoms with van der Waals surface area (Å²) in [4.78, 5) is 8.67. The number of halogens is 1. The van der Waals surface area contributed by atoms with Crippen LogP contribution in [0.15, 0.2) is 92.4 Å². The zero-order chi connectivity index (χ0) is 39.1. The molecule has 6 nitrogen and oxygen atoms in total. The minimum atomic E-state index is -3.32. The third-order valence-electron chi connectivity index (χ3n) is 11.4. The number of hydrogen-bond acceptors (Lipinski definition) is 6. The first-order valence-corrected chi connectivity index (χ1v) is 23.0. The second kappa shape index (κ2) is 18.5. The highest BCUT2D eigenvalue weighted by molar-refractivity contribution is 7.94. The average molecular weight is 795 g/mol. The van der Waals surface area contributed by atoms with Gasteiger partial charge < -0.3 is 4.90 Å². The van der Waals surface area contributed by atoms with Crippen LogP contribution in [0.5, 0.6) is 0 Å². The molecule has 1 aliphatic carbocycles. The van der Waals surface area contributed by atoms with Crippen LogP contribution in [0.3, 0.4) is 0 Å². The first-order chi connectivity index (χ1) is 25.7. The molecule has 0 spiro atoms. The van der Waals surface area contributed by atoms with Crippen LogP contribution >= 0.6 is 23.6 Å². The SMILES string of the molecule is CCCCCCCN1C(=C/C=C2\CCC(C=CC3=[N+](CCCCCCC)c4ccc(SOOC)cc4C3(C)C)=C2Cl)C(C)(C)c2cc(S(C)(=O)=O)ccc21. The molecule has 0 N–H and O–H groups in total. The van der Waals surface area contributed by atoms with Crippen LogP contribution in [0, 0.1) is 0 Å². The Hall–Kier alpha value is -2.62. The Labute approximate surface area is 335 Å². The van der Waals surface area contributed by atoms with E-state index in [0.29, 0.717) is 4.90 Å².